The van der Waals surface area contributed by atoms with E-state index in [4.69, 9.17) is 11.6 Å². The number of carbonyl (C=O) groups excluding carboxylic acids is 1. The highest BCUT2D eigenvalue weighted by Crippen LogP contribution is 2.29. The highest BCUT2D eigenvalue weighted by Gasteiger charge is 2.32. The van der Waals surface area contributed by atoms with E-state index in [-0.39, 0.29) is 42.0 Å². The van der Waals surface area contributed by atoms with Crippen molar-refractivity contribution in [3.63, 3.8) is 0 Å². The summed E-state index contributed by atoms with van der Waals surface area (Å²) in [6, 6.07) is 20.2. The van der Waals surface area contributed by atoms with E-state index in [9.17, 15) is 21.6 Å². The van der Waals surface area contributed by atoms with Gasteiger partial charge in [0, 0.05) is 58.8 Å². The number of aromatic nitrogens is 1. The van der Waals surface area contributed by atoms with Gasteiger partial charge in [0.15, 0.2) is 0 Å². The highest BCUT2D eigenvalue weighted by atomic mass is 35.5. The lowest BCUT2D eigenvalue weighted by Gasteiger charge is -2.33. The Morgan fingerprint density at radius 3 is 2.20 bits per heavy atom. The van der Waals surface area contributed by atoms with Crippen LogP contribution in [0.4, 0.5) is 0 Å². The molecule has 0 spiro atoms. The molecular formula is C29H31ClN4O5S2. The molecule has 12 heteroatoms. The molecule has 2 heterocycles. The first-order valence-corrected chi connectivity index (χ1v) is 16.4. The third-order valence-corrected chi connectivity index (χ3v) is 10.6. The smallest absolute Gasteiger partial charge is 0.258 e. The first-order valence-electron chi connectivity index (χ1n) is 13.1. The summed E-state index contributed by atoms with van der Waals surface area (Å²) in [6.07, 6.45) is 0. The van der Waals surface area contributed by atoms with E-state index in [1.165, 1.54) is 4.31 Å². The van der Waals surface area contributed by atoms with Crippen molar-refractivity contribution >= 4 is 48.5 Å². The molecule has 0 unspecified atom stereocenters. The monoisotopic (exact) mass is 614 g/mol. The summed E-state index contributed by atoms with van der Waals surface area (Å²) in [7, 11) is -7.55. The normalized spacial score (nSPS) is 15.4. The van der Waals surface area contributed by atoms with Crippen molar-refractivity contribution in [1.82, 2.24) is 18.9 Å². The molecule has 2 N–H and O–H groups in total. The van der Waals surface area contributed by atoms with Crippen LogP contribution in [0.2, 0.25) is 5.02 Å². The summed E-state index contributed by atoms with van der Waals surface area (Å²) in [5.74, 6) is -0.218. The third kappa shape index (κ3) is 6.19. The van der Waals surface area contributed by atoms with E-state index in [0.29, 0.717) is 32.6 Å². The molecule has 1 amide bonds. The van der Waals surface area contributed by atoms with Gasteiger partial charge in [0.05, 0.1) is 4.90 Å². The number of benzene rings is 3. The van der Waals surface area contributed by atoms with Gasteiger partial charge in [-0.25, -0.2) is 21.6 Å². The summed E-state index contributed by atoms with van der Waals surface area (Å²) in [6.45, 7) is 6.14. The highest BCUT2D eigenvalue weighted by molar-refractivity contribution is 7.89. The number of H-pyrrole nitrogens is 1. The van der Waals surface area contributed by atoms with Crippen molar-refractivity contribution in [2.75, 3.05) is 26.2 Å². The average Bonchev–Trinajstić information content (AvgIpc) is 3.36. The Balaban J connectivity index is 1.28. The molecule has 5 rings (SSSR count). The van der Waals surface area contributed by atoms with E-state index in [1.807, 2.05) is 0 Å². The van der Waals surface area contributed by atoms with Gasteiger partial charge < -0.3 is 9.88 Å². The van der Waals surface area contributed by atoms with Gasteiger partial charge >= 0.3 is 0 Å². The molecule has 1 aromatic heterocycles. The largest absolute Gasteiger partial charge is 0.345 e. The molecule has 0 atom stereocenters. The Bertz CT molecular complexity index is 1820. The number of nitrogens with zero attached hydrogens (tertiary/aromatic N) is 2. The summed E-state index contributed by atoms with van der Waals surface area (Å²) in [5.41, 5.74) is 1.66. The summed E-state index contributed by atoms with van der Waals surface area (Å²) in [5, 5.41) is 1.32. The van der Waals surface area contributed by atoms with Gasteiger partial charge in [-0.15, -0.1) is 0 Å². The lowest BCUT2D eigenvalue weighted by Crippen LogP contribution is -2.50. The van der Waals surface area contributed by atoms with E-state index in [2.05, 4.69) is 9.71 Å². The Morgan fingerprint density at radius 2 is 1.54 bits per heavy atom. The number of amides is 1. The van der Waals surface area contributed by atoms with Crippen LogP contribution in [-0.2, 0) is 20.0 Å². The summed E-state index contributed by atoms with van der Waals surface area (Å²) in [4.78, 5) is 18.0. The zero-order valence-corrected chi connectivity index (χ0v) is 25.3. The number of sulfonamides is 2. The van der Waals surface area contributed by atoms with Gasteiger partial charge in [0.25, 0.3) is 15.9 Å². The molecule has 4 aromatic rings. The lowest BCUT2D eigenvalue weighted by atomic mass is 10.0. The lowest BCUT2D eigenvalue weighted by molar-refractivity contribution is 0.0698. The molecule has 9 nitrogen and oxygen atoms in total. The maximum Gasteiger partial charge on any atom is 0.258 e. The van der Waals surface area contributed by atoms with Gasteiger partial charge in [-0.1, -0.05) is 41.9 Å². The molecule has 1 fully saturated rings. The van der Waals surface area contributed by atoms with Gasteiger partial charge in [0.1, 0.15) is 5.03 Å². The number of piperazine rings is 1. The van der Waals surface area contributed by atoms with E-state index >= 15 is 0 Å². The van der Waals surface area contributed by atoms with Crippen molar-refractivity contribution < 1.29 is 21.6 Å². The SMILES string of the molecule is CC(C)(C)NS(=O)(=O)c1ccccc1-c1ccc(C(=O)N2CCN(S(=O)(=O)c3cc4cc(Cl)ccc4[nH]3)CC2)cc1. The predicted molar refractivity (Wildman–Crippen MR) is 160 cm³/mol. The van der Waals surface area contributed by atoms with Crippen molar-refractivity contribution in [1.29, 1.82) is 0 Å². The molecular weight excluding hydrogens is 584 g/mol. The third-order valence-electron chi connectivity index (χ3n) is 6.76. The van der Waals surface area contributed by atoms with Gasteiger partial charge in [-0.3, -0.25) is 4.79 Å². The number of hydrogen-bond donors (Lipinski definition) is 2. The van der Waals surface area contributed by atoms with Crippen LogP contribution in [-0.4, -0.2) is 68.6 Å². The van der Waals surface area contributed by atoms with Crippen LogP contribution >= 0.6 is 11.6 Å². The molecule has 1 aliphatic heterocycles. The van der Waals surface area contributed by atoms with Crippen LogP contribution in [0, 0.1) is 0 Å². The molecule has 1 saturated heterocycles. The summed E-state index contributed by atoms with van der Waals surface area (Å²) >= 11 is 6.03. The predicted octanol–water partition coefficient (Wildman–Crippen LogP) is 4.71. The molecule has 3 aromatic carbocycles. The fourth-order valence-electron chi connectivity index (χ4n) is 4.86. The fourth-order valence-corrected chi connectivity index (χ4v) is 8.13. The number of fused-ring (bicyclic) bond motifs is 1. The second kappa shape index (κ2) is 10.9. The van der Waals surface area contributed by atoms with Crippen molar-refractivity contribution in [3.8, 4) is 11.1 Å². The van der Waals surface area contributed by atoms with E-state index in [1.54, 1.807) is 98.5 Å². The Labute approximate surface area is 245 Å². The van der Waals surface area contributed by atoms with Gasteiger partial charge in [-0.2, -0.15) is 4.31 Å². The molecule has 0 aliphatic carbocycles. The Hall–Kier alpha value is -3.22. The molecule has 216 valence electrons. The van der Waals surface area contributed by atoms with Crippen molar-refractivity contribution in [2.24, 2.45) is 0 Å². The first-order chi connectivity index (χ1) is 19.2. The van der Waals surface area contributed by atoms with E-state index in [0.717, 1.165) is 0 Å². The molecule has 0 radical (unpaired) electrons. The summed E-state index contributed by atoms with van der Waals surface area (Å²) < 4.78 is 56.6. The van der Waals surface area contributed by atoms with Crippen molar-refractivity contribution in [2.45, 2.75) is 36.2 Å². The minimum atomic E-state index is -3.77. The first kappa shape index (κ1) is 29.3. The Kier molecular flexibility index (Phi) is 7.77. The quantitative estimate of drug-likeness (QED) is 0.326. The van der Waals surface area contributed by atoms with Gasteiger partial charge in [-0.05, 0) is 68.8 Å². The minimum absolute atomic E-state index is 0.0881. The second-order valence-corrected chi connectivity index (χ2v) is 15.0. The van der Waals surface area contributed by atoms with Crippen LogP contribution in [0.5, 0.6) is 0 Å². The number of carbonyl (C=O) groups is 1. The second-order valence-electron chi connectivity index (χ2n) is 11.0. The molecule has 1 aliphatic rings. The number of nitrogens with one attached hydrogen (secondary N) is 2. The zero-order chi connectivity index (χ0) is 29.6. The Morgan fingerprint density at radius 1 is 0.878 bits per heavy atom. The maximum atomic E-state index is 13.2. The zero-order valence-electron chi connectivity index (χ0n) is 22.9. The number of halogens is 1. The number of hydrogen-bond acceptors (Lipinski definition) is 5. The van der Waals surface area contributed by atoms with Gasteiger partial charge in [0.2, 0.25) is 10.0 Å². The van der Waals surface area contributed by atoms with Crippen LogP contribution in [0.1, 0.15) is 31.1 Å². The standard InChI is InChI=1S/C29H31ClN4O5S2/c1-29(2,3)32-40(36,37)26-7-5-4-6-24(26)20-8-10-21(11-9-20)28(35)33-14-16-34(17-15-33)41(38,39)27-19-22-18-23(30)12-13-25(22)31-27/h4-13,18-19,31-32H,14-17H2,1-3H3. The van der Waals surface area contributed by atoms with Crippen LogP contribution in [0.3, 0.4) is 0 Å². The minimum Gasteiger partial charge on any atom is -0.345 e. The van der Waals surface area contributed by atoms with Crippen molar-refractivity contribution in [3.05, 3.63) is 83.4 Å². The van der Waals surface area contributed by atoms with Crippen LogP contribution in [0.15, 0.2) is 82.7 Å². The van der Waals surface area contributed by atoms with Crippen LogP contribution in [0.25, 0.3) is 22.0 Å². The number of aromatic amines is 1. The molecule has 0 saturated carbocycles. The molecule has 41 heavy (non-hydrogen) atoms. The number of rotatable bonds is 6. The maximum absolute atomic E-state index is 13.2. The topological polar surface area (TPSA) is 120 Å². The molecule has 0 bridgehead atoms. The average molecular weight is 615 g/mol. The van der Waals surface area contributed by atoms with E-state index < -0.39 is 25.6 Å². The fraction of sp³-hybridized carbons (Fsp3) is 0.276. The van der Waals surface area contributed by atoms with Crippen LogP contribution < -0.4 is 4.72 Å².